The fourth-order valence-corrected chi connectivity index (χ4v) is 1.59. The van der Waals surface area contributed by atoms with Crippen LogP contribution in [0.4, 0.5) is 0 Å². The van der Waals surface area contributed by atoms with Crippen molar-refractivity contribution in [2.45, 2.75) is 25.4 Å². The van der Waals surface area contributed by atoms with Gasteiger partial charge in [-0.1, -0.05) is 18.4 Å². The van der Waals surface area contributed by atoms with Crippen molar-refractivity contribution < 1.29 is 9.31 Å². The molecule has 1 aliphatic carbocycles. The van der Waals surface area contributed by atoms with Crippen LogP contribution in [0.2, 0.25) is 0 Å². The molecule has 0 saturated heterocycles. The van der Waals surface area contributed by atoms with Gasteiger partial charge in [-0.15, -0.1) is 0 Å². The smallest absolute Gasteiger partial charge is 0.232 e. The SMILES string of the molecule is C[N+]1=COC2CCCC=C2[CH-]1. The first kappa shape index (κ1) is 6.77. The third-order valence-corrected chi connectivity index (χ3v) is 2.17. The fraction of sp³-hybridized carbons (Fsp3) is 0.556. The summed E-state index contributed by atoms with van der Waals surface area (Å²) in [6.07, 6.45) is 8.05. The van der Waals surface area contributed by atoms with Crippen molar-refractivity contribution in [3.8, 4) is 0 Å². The molecule has 0 aromatic carbocycles. The molecule has 1 unspecified atom stereocenters. The van der Waals surface area contributed by atoms with Gasteiger partial charge in [-0.25, -0.2) is 0 Å². The molecule has 60 valence electrons. The summed E-state index contributed by atoms with van der Waals surface area (Å²) in [6, 6.07) is 0. The molecule has 2 heteroatoms. The Morgan fingerprint density at radius 1 is 1.73 bits per heavy atom. The van der Waals surface area contributed by atoms with Crippen LogP contribution in [0.5, 0.6) is 0 Å². The van der Waals surface area contributed by atoms with Gasteiger partial charge in [0.2, 0.25) is 6.40 Å². The van der Waals surface area contributed by atoms with Crippen LogP contribution in [-0.4, -0.2) is 24.1 Å². The maximum atomic E-state index is 5.50. The summed E-state index contributed by atoms with van der Waals surface area (Å²) in [4.78, 5) is 0. The zero-order valence-corrected chi connectivity index (χ0v) is 6.79. The largest absolute Gasteiger partial charge is 0.501 e. The summed E-state index contributed by atoms with van der Waals surface area (Å²) in [5.41, 5.74) is 1.35. The van der Waals surface area contributed by atoms with Crippen LogP contribution in [0, 0.1) is 6.54 Å². The second-order valence-electron chi connectivity index (χ2n) is 3.16. The van der Waals surface area contributed by atoms with Gasteiger partial charge in [0, 0.05) is 0 Å². The molecule has 2 nitrogen and oxygen atoms in total. The predicted molar refractivity (Wildman–Crippen MR) is 43.4 cm³/mol. The first-order valence-corrected chi connectivity index (χ1v) is 4.12. The summed E-state index contributed by atoms with van der Waals surface area (Å²) >= 11 is 0. The third-order valence-electron chi connectivity index (χ3n) is 2.17. The predicted octanol–water partition coefficient (Wildman–Crippen LogP) is 1.33. The molecular formula is C9H13NO. The second-order valence-corrected chi connectivity index (χ2v) is 3.16. The lowest BCUT2D eigenvalue weighted by atomic mass is 9.96. The van der Waals surface area contributed by atoms with Gasteiger partial charge in [0.15, 0.2) is 0 Å². The standard InChI is InChI=1S/C9H13NO/c1-10-6-8-4-2-3-5-9(8)11-7-10/h4,6-7,9H,2-3,5H2,1H3. The van der Waals surface area contributed by atoms with Gasteiger partial charge in [-0.2, -0.15) is 6.08 Å². The first-order valence-electron chi connectivity index (χ1n) is 4.12. The van der Waals surface area contributed by atoms with E-state index in [9.17, 15) is 0 Å². The normalized spacial score (nSPS) is 29.0. The third kappa shape index (κ3) is 1.25. The molecule has 0 spiro atoms. The van der Waals surface area contributed by atoms with E-state index in [2.05, 4.69) is 12.6 Å². The molecule has 11 heavy (non-hydrogen) atoms. The molecule has 2 rings (SSSR count). The molecule has 0 radical (unpaired) electrons. The minimum absolute atomic E-state index is 0.347. The highest BCUT2D eigenvalue weighted by atomic mass is 16.5. The minimum atomic E-state index is 0.347. The number of hydrogen-bond acceptors (Lipinski definition) is 1. The number of likely N-dealkylation sites (N-methyl/N-ethyl adjacent to an activating group) is 1. The van der Waals surface area contributed by atoms with Crippen molar-refractivity contribution >= 4 is 6.40 Å². The van der Waals surface area contributed by atoms with Gasteiger partial charge < -0.3 is 4.74 Å². The molecule has 1 aliphatic heterocycles. The molecule has 0 saturated carbocycles. The van der Waals surface area contributed by atoms with Crippen LogP contribution >= 0.6 is 0 Å². The molecule has 0 N–H and O–H groups in total. The van der Waals surface area contributed by atoms with E-state index in [4.69, 9.17) is 4.74 Å². The van der Waals surface area contributed by atoms with Crippen LogP contribution in [0.25, 0.3) is 0 Å². The van der Waals surface area contributed by atoms with Crippen molar-refractivity contribution in [2.24, 2.45) is 0 Å². The molecule has 0 aromatic heterocycles. The van der Waals surface area contributed by atoms with Gasteiger partial charge in [-0.3, -0.25) is 4.58 Å². The van der Waals surface area contributed by atoms with Crippen LogP contribution in [0.15, 0.2) is 11.6 Å². The number of ether oxygens (including phenoxy) is 1. The van der Waals surface area contributed by atoms with Crippen molar-refractivity contribution in [1.29, 1.82) is 0 Å². The summed E-state index contributed by atoms with van der Waals surface area (Å²) in [5, 5.41) is 0. The molecule has 2 aliphatic rings. The lowest BCUT2D eigenvalue weighted by Crippen LogP contribution is -2.28. The zero-order valence-electron chi connectivity index (χ0n) is 6.79. The number of rotatable bonds is 0. The Balaban J connectivity index is 2.18. The highest BCUT2D eigenvalue weighted by Gasteiger charge is 2.19. The zero-order chi connectivity index (χ0) is 7.68. The van der Waals surface area contributed by atoms with Crippen molar-refractivity contribution in [1.82, 2.24) is 0 Å². The van der Waals surface area contributed by atoms with E-state index >= 15 is 0 Å². The quantitative estimate of drug-likeness (QED) is 0.376. The minimum Gasteiger partial charge on any atom is -0.501 e. The van der Waals surface area contributed by atoms with Crippen LogP contribution in [0.3, 0.4) is 0 Å². The summed E-state index contributed by atoms with van der Waals surface area (Å²) in [6.45, 7) is 2.15. The van der Waals surface area contributed by atoms with Crippen molar-refractivity contribution in [3.05, 3.63) is 18.2 Å². The average Bonchev–Trinajstić information content (AvgIpc) is 2.04. The second kappa shape index (κ2) is 2.61. The Morgan fingerprint density at radius 3 is 3.55 bits per heavy atom. The highest BCUT2D eigenvalue weighted by molar-refractivity contribution is 5.44. The van der Waals surface area contributed by atoms with E-state index in [0.29, 0.717) is 6.10 Å². The molecule has 0 aromatic rings. The van der Waals surface area contributed by atoms with Crippen LogP contribution in [-0.2, 0) is 4.74 Å². The van der Waals surface area contributed by atoms with E-state index in [1.165, 1.54) is 24.8 Å². The monoisotopic (exact) mass is 151 g/mol. The Hall–Kier alpha value is -0.920. The maximum Gasteiger partial charge on any atom is 0.232 e. The molecular weight excluding hydrogens is 138 g/mol. The number of fused-ring (bicyclic) bond motifs is 1. The highest BCUT2D eigenvalue weighted by Crippen LogP contribution is 2.24. The molecule has 0 fully saturated rings. The van der Waals surface area contributed by atoms with Gasteiger partial charge >= 0.3 is 0 Å². The number of allylic oxidation sites excluding steroid dienone is 1. The molecule has 1 atom stereocenters. The Kier molecular flexibility index (Phi) is 1.60. The van der Waals surface area contributed by atoms with Gasteiger partial charge in [0.05, 0.1) is 12.6 Å². The van der Waals surface area contributed by atoms with Crippen molar-refractivity contribution in [3.63, 3.8) is 0 Å². The van der Waals surface area contributed by atoms with Crippen LogP contribution < -0.4 is 0 Å². The number of hydrogen-bond donors (Lipinski definition) is 0. The summed E-state index contributed by atoms with van der Waals surface area (Å²) in [7, 11) is 1.99. The van der Waals surface area contributed by atoms with E-state index in [1.807, 2.05) is 11.6 Å². The lowest BCUT2D eigenvalue weighted by molar-refractivity contribution is -0.461. The van der Waals surface area contributed by atoms with E-state index < -0.39 is 0 Å². The van der Waals surface area contributed by atoms with Gasteiger partial charge in [0.25, 0.3) is 0 Å². The average molecular weight is 151 g/mol. The van der Waals surface area contributed by atoms with E-state index in [-0.39, 0.29) is 0 Å². The molecule has 0 bridgehead atoms. The van der Waals surface area contributed by atoms with Crippen molar-refractivity contribution in [2.75, 3.05) is 7.05 Å². The van der Waals surface area contributed by atoms with E-state index in [1.54, 1.807) is 6.40 Å². The molecule has 1 heterocycles. The topological polar surface area (TPSA) is 12.2 Å². The summed E-state index contributed by atoms with van der Waals surface area (Å²) < 4.78 is 7.46. The fourth-order valence-electron chi connectivity index (χ4n) is 1.59. The maximum absolute atomic E-state index is 5.50. The van der Waals surface area contributed by atoms with Crippen LogP contribution in [0.1, 0.15) is 19.3 Å². The molecule has 0 amide bonds. The Bertz CT molecular complexity index is 218. The first-order chi connectivity index (χ1) is 5.36. The van der Waals surface area contributed by atoms with Gasteiger partial charge in [-0.05, 0) is 6.42 Å². The Morgan fingerprint density at radius 2 is 2.64 bits per heavy atom. The van der Waals surface area contributed by atoms with Gasteiger partial charge in [0.1, 0.15) is 7.05 Å². The van der Waals surface area contributed by atoms with E-state index in [0.717, 1.165) is 0 Å². The summed E-state index contributed by atoms with van der Waals surface area (Å²) in [5.74, 6) is 0. The number of nitrogens with zero attached hydrogens (tertiary/aromatic N) is 1. The lowest BCUT2D eigenvalue weighted by Gasteiger charge is -2.29. The Labute approximate surface area is 67.2 Å².